The summed E-state index contributed by atoms with van der Waals surface area (Å²) in [5, 5.41) is 0. The normalized spacial score (nSPS) is 17.0. The first-order chi connectivity index (χ1) is 2.89. The summed E-state index contributed by atoms with van der Waals surface area (Å²) < 4.78 is 0. The summed E-state index contributed by atoms with van der Waals surface area (Å²) in [5.41, 5.74) is 0. The molecule has 29 valence electrons. The highest BCUT2D eigenvalue weighted by molar-refractivity contribution is 6.34. The van der Waals surface area contributed by atoms with E-state index in [0.717, 1.165) is 0 Å². The first-order valence-electron chi connectivity index (χ1n) is 1.56. The van der Waals surface area contributed by atoms with E-state index in [0.29, 0.717) is 0 Å². The van der Waals surface area contributed by atoms with E-state index in [4.69, 9.17) is 0 Å². The van der Waals surface area contributed by atoms with Gasteiger partial charge in [-0.3, -0.25) is 9.79 Å². The maximum atomic E-state index is 9.95. The van der Waals surface area contributed by atoms with E-state index < -0.39 is 0 Å². The van der Waals surface area contributed by atoms with Gasteiger partial charge in [0.2, 0.25) is 5.78 Å². The zero-order chi connectivity index (χ0) is 4.41. The summed E-state index contributed by atoms with van der Waals surface area (Å²) in [6.07, 6.45) is 4.97. The second-order valence-electron chi connectivity index (χ2n) is 0.921. The standard InChI is InChI=1S/C4H2NO/c6-4-1-2-5-3-4/h1-2H. The van der Waals surface area contributed by atoms with Crippen LogP contribution in [0.2, 0.25) is 0 Å². The third-order valence-electron chi connectivity index (χ3n) is 0.475. The molecule has 1 heterocycles. The van der Waals surface area contributed by atoms with E-state index in [9.17, 15) is 4.79 Å². The fraction of sp³-hybridized carbons (Fsp3) is 0. The van der Waals surface area contributed by atoms with E-state index in [-0.39, 0.29) is 5.78 Å². The van der Waals surface area contributed by atoms with Crippen LogP contribution >= 0.6 is 0 Å². The molecular formula is C4H2NO. The molecule has 0 N–H and O–H groups in total. The predicted octanol–water partition coefficient (Wildman–Crippen LogP) is 0.0306. The zero-order valence-corrected chi connectivity index (χ0v) is 3.01. The molecule has 0 amide bonds. The number of allylic oxidation sites excluding steroid dienone is 1. The van der Waals surface area contributed by atoms with Crippen LogP contribution in [0, 0.1) is 0 Å². The topological polar surface area (TPSA) is 29.4 Å². The van der Waals surface area contributed by atoms with E-state index in [1.54, 1.807) is 0 Å². The monoisotopic (exact) mass is 80.0 g/mol. The quantitative estimate of drug-likeness (QED) is 0.403. The van der Waals surface area contributed by atoms with E-state index in [1.807, 2.05) is 0 Å². The molecule has 0 atom stereocenters. The van der Waals surface area contributed by atoms with Gasteiger partial charge in [0.25, 0.3) is 0 Å². The van der Waals surface area contributed by atoms with Crippen LogP contribution in [-0.2, 0) is 4.79 Å². The highest BCUT2D eigenvalue weighted by Gasteiger charge is 1.92. The van der Waals surface area contributed by atoms with Crippen molar-refractivity contribution in [2.45, 2.75) is 0 Å². The molecule has 1 radical (unpaired) electrons. The average Bonchev–Trinajstić information content (AvgIpc) is 1.86. The van der Waals surface area contributed by atoms with Gasteiger partial charge in [-0.05, 0) is 0 Å². The maximum Gasteiger partial charge on any atom is 0.208 e. The van der Waals surface area contributed by atoms with Crippen LogP contribution in [0.15, 0.2) is 17.3 Å². The van der Waals surface area contributed by atoms with Crippen LogP contribution in [0.25, 0.3) is 0 Å². The van der Waals surface area contributed by atoms with Gasteiger partial charge in [-0.15, -0.1) is 0 Å². The molecule has 1 rings (SSSR count). The van der Waals surface area contributed by atoms with Crippen molar-refractivity contribution in [1.29, 1.82) is 0 Å². The fourth-order valence-corrected chi connectivity index (χ4v) is 0.243. The van der Waals surface area contributed by atoms with Crippen LogP contribution in [0.1, 0.15) is 0 Å². The second kappa shape index (κ2) is 1.05. The van der Waals surface area contributed by atoms with E-state index in [2.05, 4.69) is 11.2 Å². The molecule has 0 aromatic heterocycles. The predicted molar refractivity (Wildman–Crippen MR) is 21.6 cm³/mol. The van der Waals surface area contributed by atoms with Crippen LogP contribution in [0.5, 0.6) is 0 Å². The molecule has 0 aromatic rings. The molecule has 0 aliphatic carbocycles. The maximum absolute atomic E-state index is 9.95. The second-order valence-corrected chi connectivity index (χ2v) is 0.921. The van der Waals surface area contributed by atoms with Crippen LogP contribution in [0.4, 0.5) is 0 Å². The van der Waals surface area contributed by atoms with Gasteiger partial charge in [0.15, 0.2) is 0 Å². The Bertz CT molecular complexity index is 110. The molecule has 1 aliphatic heterocycles. The van der Waals surface area contributed by atoms with Crippen molar-refractivity contribution in [2.24, 2.45) is 4.99 Å². The summed E-state index contributed by atoms with van der Waals surface area (Å²) in [5.74, 6) is -0.144. The number of nitrogens with zero attached hydrogens (tertiary/aromatic N) is 1. The van der Waals surface area contributed by atoms with E-state index >= 15 is 0 Å². The lowest BCUT2D eigenvalue weighted by molar-refractivity contribution is -0.108. The van der Waals surface area contributed by atoms with Gasteiger partial charge < -0.3 is 0 Å². The van der Waals surface area contributed by atoms with Gasteiger partial charge in [-0.1, -0.05) is 0 Å². The molecule has 0 saturated heterocycles. The van der Waals surface area contributed by atoms with Crippen molar-refractivity contribution in [3.8, 4) is 0 Å². The Labute approximate surface area is 35.2 Å². The highest BCUT2D eigenvalue weighted by Crippen LogP contribution is 1.82. The molecule has 0 fully saturated rings. The number of aliphatic imine (C=N–C) groups is 1. The Morgan fingerprint density at radius 3 is 2.83 bits per heavy atom. The Kier molecular flexibility index (Phi) is 0.572. The number of rotatable bonds is 0. The van der Waals surface area contributed by atoms with Crippen molar-refractivity contribution < 1.29 is 4.79 Å². The van der Waals surface area contributed by atoms with Crippen molar-refractivity contribution in [3.63, 3.8) is 0 Å². The Hall–Kier alpha value is -0.920. The first kappa shape index (κ1) is 3.28. The van der Waals surface area contributed by atoms with Gasteiger partial charge in [0.1, 0.15) is 6.21 Å². The molecule has 0 spiro atoms. The molecule has 6 heavy (non-hydrogen) atoms. The molecule has 0 bridgehead atoms. The molecule has 0 aromatic carbocycles. The Balaban J connectivity index is 2.86. The molecular weight excluding hydrogens is 78.0 g/mol. The minimum Gasteiger partial charge on any atom is -0.287 e. The van der Waals surface area contributed by atoms with Crippen molar-refractivity contribution in [2.75, 3.05) is 0 Å². The minimum absolute atomic E-state index is 0.144. The van der Waals surface area contributed by atoms with Crippen molar-refractivity contribution in [1.82, 2.24) is 0 Å². The summed E-state index contributed by atoms with van der Waals surface area (Å²) in [7, 11) is 0. The summed E-state index contributed by atoms with van der Waals surface area (Å²) in [6.45, 7) is 0. The lowest BCUT2D eigenvalue weighted by Crippen LogP contribution is -1.84. The van der Waals surface area contributed by atoms with Crippen LogP contribution in [0.3, 0.4) is 0 Å². The zero-order valence-electron chi connectivity index (χ0n) is 3.01. The summed E-state index contributed by atoms with van der Waals surface area (Å²) in [6, 6.07) is 0. The summed E-state index contributed by atoms with van der Waals surface area (Å²) >= 11 is 0. The van der Waals surface area contributed by atoms with E-state index in [1.165, 1.54) is 12.3 Å². The van der Waals surface area contributed by atoms with Gasteiger partial charge >= 0.3 is 0 Å². The SMILES string of the molecule is O=C1[C]=NC=C1. The molecule has 1 aliphatic rings. The molecule has 2 nitrogen and oxygen atoms in total. The molecule has 0 saturated carbocycles. The lowest BCUT2D eigenvalue weighted by Gasteiger charge is -1.57. The number of carbonyl (C=O) groups excluding carboxylic acids is 1. The number of hydrogen-bond acceptors (Lipinski definition) is 2. The largest absolute Gasteiger partial charge is 0.287 e. The Morgan fingerprint density at radius 2 is 2.67 bits per heavy atom. The Morgan fingerprint density at radius 1 is 1.83 bits per heavy atom. The highest BCUT2D eigenvalue weighted by atomic mass is 16.1. The van der Waals surface area contributed by atoms with Gasteiger partial charge in [-0.2, -0.15) is 0 Å². The van der Waals surface area contributed by atoms with Crippen LogP contribution in [-0.4, -0.2) is 12.0 Å². The molecule has 2 heteroatoms. The lowest BCUT2D eigenvalue weighted by atomic mass is 10.5. The number of carbonyl (C=O) groups is 1. The first-order valence-corrected chi connectivity index (χ1v) is 1.56. The third kappa shape index (κ3) is 0.360. The molecule has 0 unspecified atom stereocenters. The summed E-state index contributed by atoms with van der Waals surface area (Å²) in [4.78, 5) is 13.3. The van der Waals surface area contributed by atoms with Gasteiger partial charge in [-0.25, -0.2) is 0 Å². The van der Waals surface area contributed by atoms with Crippen molar-refractivity contribution >= 4 is 12.0 Å². The minimum atomic E-state index is -0.144. The van der Waals surface area contributed by atoms with Gasteiger partial charge in [0.05, 0.1) is 0 Å². The van der Waals surface area contributed by atoms with Gasteiger partial charge in [0, 0.05) is 12.3 Å². The smallest absolute Gasteiger partial charge is 0.208 e. The number of hydrogen-bond donors (Lipinski definition) is 0. The van der Waals surface area contributed by atoms with Crippen LogP contribution < -0.4 is 0 Å². The fourth-order valence-electron chi connectivity index (χ4n) is 0.243. The average molecular weight is 80.1 g/mol. The third-order valence-corrected chi connectivity index (χ3v) is 0.475. The van der Waals surface area contributed by atoms with Crippen molar-refractivity contribution in [3.05, 3.63) is 12.3 Å². The number of ketones is 1.